The Labute approximate surface area is 195 Å². The molecule has 1 aromatic heterocycles. The summed E-state index contributed by atoms with van der Waals surface area (Å²) >= 11 is 7.36. The number of aryl methyl sites for hydroxylation is 1. The highest BCUT2D eigenvalue weighted by molar-refractivity contribution is 7.99. The highest BCUT2D eigenvalue weighted by atomic mass is 35.5. The number of carbonyl (C=O) groups is 1. The van der Waals surface area contributed by atoms with E-state index in [1.54, 1.807) is 23.1 Å². The summed E-state index contributed by atoms with van der Waals surface area (Å²) in [6.07, 6.45) is 3.19. The van der Waals surface area contributed by atoms with Gasteiger partial charge in [-0.15, -0.1) is 0 Å². The lowest BCUT2D eigenvalue weighted by atomic mass is 10.0. The van der Waals surface area contributed by atoms with Crippen LogP contribution < -0.4 is 9.21 Å². The molecular formula is C22H19ClN4O3S2. The number of aromatic nitrogens is 2. The number of thioether (sulfide) groups is 1. The first-order valence-electron chi connectivity index (χ1n) is 10.0. The number of sulfonamides is 1. The standard InChI is InChI=1S/C22H19ClN4O3S2/c1-26-18-9-8-15(23)11-16(18)21-19(32(26,29)30)12-24-22(25-21)31-13-20(28)27-10-4-6-14-5-2-3-7-17(14)27/h2-3,5,7-9,11-12H,4,6,10,13H2,1H3. The Bertz CT molecular complexity index is 1350. The molecular weight excluding hydrogens is 468 g/mol. The van der Waals surface area contributed by atoms with Crippen molar-refractivity contribution in [3.05, 3.63) is 59.2 Å². The van der Waals surface area contributed by atoms with Crippen LogP contribution in [0.1, 0.15) is 12.0 Å². The zero-order valence-corrected chi connectivity index (χ0v) is 19.5. The van der Waals surface area contributed by atoms with E-state index in [0.717, 1.165) is 18.5 Å². The molecule has 5 rings (SSSR count). The molecule has 164 valence electrons. The Morgan fingerprint density at radius 3 is 2.84 bits per heavy atom. The van der Waals surface area contributed by atoms with Gasteiger partial charge in [0.1, 0.15) is 4.90 Å². The van der Waals surface area contributed by atoms with Crippen molar-refractivity contribution in [3.8, 4) is 11.3 Å². The van der Waals surface area contributed by atoms with E-state index in [1.165, 1.54) is 34.9 Å². The fourth-order valence-corrected chi connectivity index (χ4v) is 6.21. The molecule has 10 heteroatoms. The summed E-state index contributed by atoms with van der Waals surface area (Å²) in [6.45, 7) is 0.678. The zero-order valence-electron chi connectivity index (χ0n) is 17.2. The molecule has 2 aromatic carbocycles. The van der Waals surface area contributed by atoms with Gasteiger partial charge < -0.3 is 4.90 Å². The van der Waals surface area contributed by atoms with Gasteiger partial charge in [0.25, 0.3) is 10.0 Å². The number of carbonyl (C=O) groups excluding carboxylic acids is 1. The van der Waals surface area contributed by atoms with E-state index in [0.29, 0.717) is 33.7 Å². The van der Waals surface area contributed by atoms with Crippen molar-refractivity contribution < 1.29 is 13.2 Å². The fourth-order valence-electron chi connectivity index (χ4n) is 4.05. The smallest absolute Gasteiger partial charge is 0.267 e. The SMILES string of the molecule is CN1c2ccc(Cl)cc2-c2nc(SCC(=O)N3CCCc4ccccc43)ncc2S1(=O)=O. The number of amides is 1. The number of anilines is 2. The maximum atomic E-state index is 12.9. The zero-order chi connectivity index (χ0) is 22.5. The summed E-state index contributed by atoms with van der Waals surface area (Å²) in [6, 6.07) is 12.9. The molecule has 0 radical (unpaired) electrons. The quantitative estimate of drug-likeness (QED) is 0.411. The van der Waals surface area contributed by atoms with Crippen LogP contribution in [0.15, 0.2) is 58.7 Å². The second kappa shape index (κ2) is 8.06. The molecule has 0 saturated heterocycles. The van der Waals surface area contributed by atoms with Crippen LogP contribution in [0, 0.1) is 0 Å². The normalized spacial score (nSPS) is 16.2. The maximum absolute atomic E-state index is 12.9. The average molecular weight is 487 g/mol. The minimum atomic E-state index is -3.76. The third kappa shape index (κ3) is 3.54. The molecule has 1 amide bonds. The van der Waals surface area contributed by atoms with Gasteiger partial charge in [0, 0.05) is 29.9 Å². The molecule has 32 heavy (non-hydrogen) atoms. The first-order chi connectivity index (χ1) is 15.4. The summed E-state index contributed by atoms with van der Waals surface area (Å²) in [5.74, 6) is 0.126. The van der Waals surface area contributed by atoms with Gasteiger partial charge in [0.05, 0.1) is 23.3 Å². The monoisotopic (exact) mass is 486 g/mol. The van der Waals surface area contributed by atoms with Crippen LogP contribution in [-0.2, 0) is 21.2 Å². The predicted octanol–water partition coefficient (Wildman–Crippen LogP) is 4.01. The van der Waals surface area contributed by atoms with Crippen molar-refractivity contribution >= 4 is 50.7 Å². The van der Waals surface area contributed by atoms with Gasteiger partial charge in [-0.05, 0) is 42.7 Å². The van der Waals surface area contributed by atoms with Crippen molar-refractivity contribution in [3.63, 3.8) is 0 Å². The molecule has 0 spiro atoms. The average Bonchev–Trinajstić information content (AvgIpc) is 2.80. The van der Waals surface area contributed by atoms with Crippen LogP contribution in [0.3, 0.4) is 0 Å². The molecule has 2 aliphatic heterocycles. The largest absolute Gasteiger partial charge is 0.311 e. The van der Waals surface area contributed by atoms with Crippen molar-refractivity contribution in [2.45, 2.75) is 22.9 Å². The van der Waals surface area contributed by atoms with Gasteiger partial charge in [-0.3, -0.25) is 9.10 Å². The Kier molecular flexibility index (Phi) is 5.35. The van der Waals surface area contributed by atoms with E-state index in [9.17, 15) is 13.2 Å². The predicted molar refractivity (Wildman–Crippen MR) is 126 cm³/mol. The Hall–Kier alpha value is -2.62. The number of benzene rings is 2. The number of hydrogen-bond donors (Lipinski definition) is 0. The highest BCUT2D eigenvalue weighted by Gasteiger charge is 2.34. The summed E-state index contributed by atoms with van der Waals surface area (Å²) in [5.41, 5.74) is 3.54. The molecule has 0 N–H and O–H groups in total. The molecule has 2 aliphatic rings. The minimum Gasteiger partial charge on any atom is -0.311 e. The number of para-hydroxylation sites is 1. The summed E-state index contributed by atoms with van der Waals surface area (Å²) in [7, 11) is -2.28. The number of rotatable bonds is 3. The van der Waals surface area contributed by atoms with Crippen molar-refractivity contribution in [1.29, 1.82) is 0 Å². The molecule has 0 unspecified atom stereocenters. The maximum Gasteiger partial charge on any atom is 0.267 e. The van der Waals surface area contributed by atoms with Gasteiger partial charge >= 0.3 is 0 Å². The molecule has 7 nitrogen and oxygen atoms in total. The number of hydrogen-bond acceptors (Lipinski definition) is 6. The minimum absolute atomic E-state index is 0.0235. The van der Waals surface area contributed by atoms with E-state index in [2.05, 4.69) is 16.0 Å². The Morgan fingerprint density at radius 1 is 1.19 bits per heavy atom. The van der Waals surface area contributed by atoms with Crippen LogP contribution in [0.25, 0.3) is 11.3 Å². The number of nitrogens with zero attached hydrogens (tertiary/aromatic N) is 4. The van der Waals surface area contributed by atoms with Gasteiger partial charge in [0.2, 0.25) is 5.91 Å². The van der Waals surface area contributed by atoms with Crippen molar-refractivity contribution in [2.24, 2.45) is 0 Å². The molecule has 0 bridgehead atoms. The lowest BCUT2D eigenvalue weighted by molar-refractivity contribution is -0.116. The van der Waals surface area contributed by atoms with Crippen LogP contribution in [0.2, 0.25) is 5.02 Å². The Morgan fingerprint density at radius 2 is 2.00 bits per heavy atom. The van der Waals surface area contributed by atoms with Gasteiger partial charge in [-0.1, -0.05) is 41.6 Å². The Balaban J connectivity index is 1.43. The first-order valence-corrected chi connectivity index (χ1v) is 12.8. The second-order valence-corrected chi connectivity index (χ2v) is 10.9. The molecule has 0 atom stereocenters. The highest BCUT2D eigenvalue weighted by Crippen LogP contribution is 2.42. The van der Waals surface area contributed by atoms with Gasteiger partial charge in [-0.25, -0.2) is 18.4 Å². The van der Waals surface area contributed by atoms with Crippen LogP contribution in [0.4, 0.5) is 11.4 Å². The number of halogens is 1. The molecule has 3 heterocycles. The van der Waals surface area contributed by atoms with Crippen molar-refractivity contribution in [2.75, 3.05) is 28.6 Å². The lowest BCUT2D eigenvalue weighted by Gasteiger charge is -2.29. The van der Waals surface area contributed by atoms with Gasteiger partial charge in [0.15, 0.2) is 5.16 Å². The van der Waals surface area contributed by atoms with E-state index in [-0.39, 0.29) is 16.6 Å². The number of fused-ring (bicyclic) bond motifs is 4. The topological polar surface area (TPSA) is 83.5 Å². The second-order valence-electron chi connectivity index (χ2n) is 7.57. The van der Waals surface area contributed by atoms with Crippen LogP contribution in [0.5, 0.6) is 0 Å². The van der Waals surface area contributed by atoms with E-state index in [1.807, 2.05) is 18.2 Å². The molecule has 0 fully saturated rings. The lowest BCUT2D eigenvalue weighted by Crippen LogP contribution is -2.36. The molecule has 3 aromatic rings. The van der Waals surface area contributed by atoms with Crippen LogP contribution >= 0.6 is 23.4 Å². The first kappa shape index (κ1) is 21.2. The summed E-state index contributed by atoms with van der Waals surface area (Å²) in [4.78, 5) is 23.5. The fraction of sp³-hybridized carbons (Fsp3) is 0.227. The van der Waals surface area contributed by atoms with Gasteiger partial charge in [-0.2, -0.15) is 0 Å². The van der Waals surface area contributed by atoms with E-state index < -0.39 is 10.0 Å². The van der Waals surface area contributed by atoms with E-state index in [4.69, 9.17) is 11.6 Å². The third-order valence-electron chi connectivity index (χ3n) is 5.66. The summed E-state index contributed by atoms with van der Waals surface area (Å²) < 4.78 is 27.0. The van der Waals surface area contributed by atoms with E-state index >= 15 is 0 Å². The van der Waals surface area contributed by atoms with Crippen LogP contribution in [-0.4, -0.2) is 43.6 Å². The third-order valence-corrected chi connectivity index (χ3v) is 8.51. The summed E-state index contributed by atoms with van der Waals surface area (Å²) in [5, 5.41) is 0.822. The van der Waals surface area contributed by atoms with Crippen molar-refractivity contribution in [1.82, 2.24) is 9.97 Å². The molecule has 0 aliphatic carbocycles. The molecule has 0 saturated carbocycles.